The average molecular weight is 382 g/mol. The number of phenolic OH excluding ortho intramolecular Hbond substituents is 1. The van der Waals surface area contributed by atoms with E-state index in [1.807, 2.05) is 13.8 Å². The van der Waals surface area contributed by atoms with Crippen LogP contribution in [0.4, 0.5) is 0 Å². The summed E-state index contributed by atoms with van der Waals surface area (Å²) in [5.74, 6) is -1.36. The van der Waals surface area contributed by atoms with Gasteiger partial charge in [-0.25, -0.2) is 0 Å². The van der Waals surface area contributed by atoms with Crippen LogP contribution in [0.5, 0.6) is 5.75 Å². The van der Waals surface area contributed by atoms with Crippen LogP contribution in [0.25, 0.3) is 0 Å². The second-order valence-electron chi connectivity index (χ2n) is 6.74. The third-order valence-electron chi connectivity index (χ3n) is 4.23. The van der Waals surface area contributed by atoms with Crippen molar-refractivity contribution in [3.63, 3.8) is 0 Å². The maximum absolute atomic E-state index is 12.7. The van der Waals surface area contributed by atoms with E-state index in [1.165, 1.54) is 17.0 Å². The third kappa shape index (κ3) is 4.19. The van der Waals surface area contributed by atoms with Gasteiger partial charge in [0.05, 0.1) is 16.6 Å². The van der Waals surface area contributed by atoms with Gasteiger partial charge in [-0.05, 0) is 30.0 Å². The molecule has 0 saturated carbocycles. The highest BCUT2D eigenvalue weighted by Crippen LogP contribution is 2.40. The molecule has 1 aromatic carbocycles. The number of carbonyl (C=O) groups is 2. The fourth-order valence-corrected chi connectivity index (χ4v) is 3.26. The molecule has 0 aromatic heterocycles. The van der Waals surface area contributed by atoms with E-state index in [-0.39, 0.29) is 34.5 Å². The van der Waals surface area contributed by atoms with E-state index in [4.69, 9.17) is 16.3 Å². The Balaban J connectivity index is 2.46. The van der Waals surface area contributed by atoms with Gasteiger partial charge < -0.3 is 19.8 Å². The summed E-state index contributed by atoms with van der Waals surface area (Å²) in [6.07, 6.45) is 0.782. The minimum atomic E-state index is -0.733. The van der Waals surface area contributed by atoms with Crippen molar-refractivity contribution < 1.29 is 24.5 Å². The Morgan fingerprint density at radius 2 is 2.04 bits per heavy atom. The van der Waals surface area contributed by atoms with E-state index in [2.05, 4.69) is 0 Å². The number of methoxy groups -OCH3 is 1. The summed E-state index contributed by atoms with van der Waals surface area (Å²) in [5.41, 5.74) is 0.651. The van der Waals surface area contributed by atoms with Gasteiger partial charge in [-0.1, -0.05) is 31.5 Å². The molecule has 2 N–H and O–H groups in total. The van der Waals surface area contributed by atoms with Gasteiger partial charge in [0.2, 0.25) is 0 Å². The number of amides is 1. The number of benzene rings is 1. The first kappa shape index (κ1) is 20.3. The number of carbonyl (C=O) groups excluding carboxylic acids is 2. The van der Waals surface area contributed by atoms with Crippen LogP contribution in [0.3, 0.4) is 0 Å². The zero-order valence-electron chi connectivity index (χ0n) is 15.2. The second kappa shape index (κ2) is 8.56. The van der Waals surface area contributed by atoms with Crippen LogP contribution in [-0.4, -0.2) is 47.1 Å². The molecule has 1 heterocycles. The van der Waals surface area contributed by atoms with Gasteiger partial charge in [0.1, 0.15) is 5.75 Å². The van der Waals surface area contributed by atoms with Crippen molar-refractivity contribution in [3.05, 3.63) is 40.1 Å². The lowest BCUT2D eigenvalue weighted by Crippen LogP contribution is -2.32. The molecule has 0 spiro atoms. The maximum Gasteiger partial charge on any atom is 0.290 e. The minimum Gasteiger partial charge on any atom is -0.506 e. The molecular weight excluding hydrogens is 358 g/mol. The number of nitrogens with zero attached hydrogens (tertiary/aromatic N) is 1. The lowest BCUT2D eigenvalue weighted by Gasteiger charge is -2.27. The third-order valence-corrected chi connectivity index (χ3v) is 4.54. The molecule has 1 aromatic rings. The summed E-state index contributed by atoms with van der Waals surface area (Å²) >= 11 is 6.01. The highest BCUT2D eigenvalue weighted by Gasteiger charge is 2.43. The van der Waals surface area contributed by atoms with Crippen molar-refractivity contribution in [1.29, 1.82) is 0 Å². The van der Waals surface area contributed by atoms with Gasteiger partial charge in [0.15, 0.2) is 11.5 Å². The van der Waals surface area contributed by atoms with Crippen LogP contribution in [0.1, 0.15) is 38.3 Å². The van der Waals surface area contributed by atoms with Crippen molar-refractivity contribution in [2.75, 3.05) is 20.3 Å². The molecular formula is C19H24ClNO5. The largest absolute Gasteiger partial charge is 0.506 e. The number of halogens is 1. The summed E-state index contributed by atoms with van der Waals surface area (Å²) in [4.78, 5) is 26.7. The van der Waals surface area contributed by atoms with Crippen LogP contribution in [0.15, 0.2) is 29.5 Å². The molecule has 1 atom stereocenters. The van der Waals surface area contributed by atoms with Gasteiger partial charge >= 0.3 is 0 Å². The highest BCUT2D eigenvalue weighted by atomic mass is 35.5. The summed E-state index contributed by atoms with van der Waals surface area (Å²) in [7, 11) is 1.57. The van der Waals surface area contributed by atoms with Gasteiger partial charge in [0.25, 0.3) is 5.91 Å². The Morgan fingerprint density at radius 1 is 1.35 bits per heavy atom. The second-order valence-corrected chi connectivity index (χ2v) is 7.15. The van der Waals surface area contributed by atoms with Crippen molar-refractivity contribution in [3.8, 4) is 5.75 Å². The first-order chi connectivity index (χ1) is 12.3. The van der Waals surface area contributed by atoms with Crippen LogP contribution >= 0.6 is 11.6 Å². The van der Waals surface area contributed by atoms with Crippen LogP contribution in [-0.2, 0) is 14.3 Å². The Bertz CT molecular complexity index is 729. The Kier molecular flexibility index (Phi) is 6.67. The number of aliphatic hydroxyl groups is 1. The molecule has 0 bridgehead atoms. The Labute approximate surface area is 158 Å². The molecule has 0 aliphatic carbocycles. The van der Waals surface area contributed by atoms with E-state index >= 15 is 0 Å². The number of ether oxygens (including phenoxy) is 1. The van der Waals surface area contributed by atoms with Crippen molar-refractivity contribution >= 4 is 23.3 Å². The molecule has 1 aliphatic heterocycles. The molecule has 26 heavy (non-hydrogen) atoms. The molecule has 0 saturated heterocycles. The number of Topliss-reactive ketones (excluding diaryl/α,β-unsaturated/α-hetero) is 1. The topological polar surface area (TPSA) is 87.1 Å². The Morgan fingerprint density at radius 3 is 2.62 bits per heavy atom. The van der Waals surface area contributed by atoms with Gasteiger partial charge in [-0.2, -0.15) is 0 Å². The zero-order chi connectivity index (χ0) is 19.4. The average Bonchev–Trinajstić information content (AvgIpc) is 2.82. The molecule has 2 rings (SSSR count). The molecule has 0 fully saturated rings. The molecule has 1 unspecified atom stereocenters. The first-order valence-corrected chi connectivity index (χ1v) is 8.90. The van der Waals surface area contributed by atoms with Gasteiger partial charge in [-0.3, -0.25) is 9.59 Å². The molecule has 1 aliphatic rings. The van der Waals surface area contributed by atoms with Crippen LogP contribution < -0.4 is 0 Å². The quantitative estimate of drug-likeness (QED) is 0.674. The maximum atomic E-state index is 12.7. The lowest BCUT2D eigenvalue weighted by atomic mass is 9.92. The van der Waals surface area contributed by atoms with Crippen LogP contribution in [0, 0.1) is 5.92 Å². The monoisotopic (exact) mass is 381 g/mol. The standard InChI is InChI=1S/C19H24ClNO5/c1-11(2)9-15(23)16-17(12-5-6-14(22)13(20)10-12)21(7-4-8-26-3)19(25)18(16)24/h5-6,10-11,17,22,24H,4,7-9H2,1-3H3. The van der Waals surface area contributed by atoms with Crippen molar-refractivity contribution in [2.24, 2.45) is 5.92 Å². The number of ketones is 1. The zero-order valence-corrected chi connectivity index (χ0v) is 15.9. The number of phenols is 1. The fourth-order valence-electron chi connectivity index (χ4n) is 3.07. The highest BCUT2D eigenvalue weighted by molar-refractivity contribution is 6.32. The van der Waals surface area contributed by atoms with Crippen molar-refractivity contribution in [2.45, 2.75) is 32.7 Å². The molecule has 7 heteroatoms. The predicted molar refractivity (Wildman–Crippen MR) is 98.2 cm³/mol. The summed E-state index contributed by atoms with van der Waals surface area (Å²) in [6.45, 7) is 4.56. The number of aliphatic hydroxyl groups excluding tert-OH is 1. The summed E-state index contributed by atoms with van der Waals surface area (Å²) in [6, 6.07) is 3.79. The minimum absolute atomic E-state index is 0.0860. The lowest BCUT2D eigenvalue weighted by molar-refractivity contribution is -0.129. The van der Waals surface area contributed by atoms with Gasteiger partial charge in [0, 0.05) is 26.7 Å². The van der Waals surface area contributed by atoms with Crippen LogP contribution in [0.2, 0.25) is 5.02 Å². The predicted octanol–water partition coefficient (Wildman–Crippen LogP) is 3.39. The van der Waals surface area contributed by atoms with E-state index in [1.54, 1.807) is 13.2 Å². The fraction of sp³-hybridized carbons (Fsp3) is 0.474. The summed E-state index contributed by atoms with van der Waals surface area (Å²) in [5, 5.41) is 20.2. The first-order valence-electron chi connectivity index (χ1n) is 8.52. The number of aromatic hydroxyl groups is 1. The molecule has 0 radical (unpaired) electrons. The molecule has 142 valence electrons. The van der Waals surface area contributed by atoms with E-state index in [0.29, 0.717) is 25.1 Å². The Hall–Kier alpha value is -2.05. The summed E-state index contributed by atoms with van der Waals surface area (Å²) < 4.78 is 5.03. The molecule has 1 amide bonds. The number of hydrogen-bond donors (Lipinski definition) is 2. The van der Waals surface area contributed by atoms with Crippen molar-refractivity contribution in [1.82, 2.24) is 4.90 Å². The van der Waals surface area contributed by atoms with E-state index < -0.39 is 17.7 Å². The molecule has 6 nitrogen and oxygen atoms in total. The SMILES string of the molecule is COCCCN1C(=O)C(O)=C(C(=O)CC(C)C)C1c1ccc(O)c(Cl)c1. The van der Waals surface area contributed by atoms with E-state index in [9.17, 15) is 19.8 Å². The number of hydrogen-bond acceptors (Lipinski definition) is 5. The van der Waals surface area contributed by atoms with E-state index in [0.717, 1.165) is 0 Å². The van der Waals surface area contributed by atoms with Gasteiger partial charge in [-0.15, -0.1) is 0 Å². The smallest absolute Gasteiger partial charge is 0.290 e. The number of rotatable bonds is 8. The normalized spacial score (nSPS) is 17.5.